The average Bonchev–Trinajstić information content (AvgIpc) is 3.34. The van der Waals surface area contributed by atoms with Crippen molar-refractivity contribution in [2.45, 2.75) is 18.9 Å². The summed E-state index contributed by atoms with van der Waals surface area (Å²) in [5.41, 5.74) is 2.67. The molecule has 0 bridgehead atoms. The second-order valence-corrected chi connectivity index (χ2v) is 5.69. The third-order valence-electron chi connectivity index (χ3n) is 4.05. The van der Waals surface area contributed by atoms with E-state index in [1.54, 1.807) is 18.7 Å². The predicted molar refractivity (Wildman–Crippen MR) is 90.4 cm³/mol. The van der Waals surface area contributed by atoms with Crippen LogP contribution in [0.15, 0.2) is 53.5 Å². The summed E-state index contributed by atoms with van der Waals surface area (Å²) in [6, 6.07) is 7.62. The predicted octanol–water partition coefficient (Wildman–Crippen LogP) is 3.39. The third kappa shape index (κ3) is 3.14. The summed E-state index contributed by atoms with van der Waals surface area (Å²) < 4.78 is 11.2. The zero-order valence-corrected chi connectivity index (χ0v) is 13.2. The zero-order valence-electron chi connectivity index (χ0n) is 13.2. The van der Waals surface area contributed by atoms with Crippen LogP contribution in [-0.4, -0.2) is 34.2 Å². The molecule has 0 amide bonds. The number of anilines is 1. The summed E-state index contributed by atoms with van der Waals surface area (Å²) in [6.07, 6.45) is 9.40. The zero-order chi connectivity index (χ0) is 16.2. The van der Waals surface area contributed by atoms with Crippen LogP contribution in [0.25, 0.3) is 22.6 Å². The van der Waals surface area contributed by atoms with Crippen molar-refractivity contribution in [2.24, 2.45) is 0 Å². The van der Waals surface area contributed by atoms with E-state index in [0.29, 0.717) is 18.3 Å². The summed E-state index contributed by atoms with van der Waals surface area (Å²) in [7, 11) is 0. The summed E-state index contributed by atoms with van der Waals surface area (Å²) in [4.78, 5) is 13.2. The minimum absolute atomic E-state index is 0.237. The summed E-state index contributed by atoms with van der Waals surface area (Å²) in [6.45, 7) is 1.55. The van der Waals surface area contributed by atoms with E-state index in [9.17, 15) is 0 Å². The summed E-state index contributed by atoms with van der Waals surface area (Å²) in [5.74, 6) is 1.29. The quantitative estimate of drug-likeness (QED) is 0.776. The first-order chi connectivity index (χ1) is 11.9. The fourth-order valence-electron chi connectivity index (χ4n) is 2.82. The van der Waals surface area contributed by atoms with Crippen molar-refractivity contribution in [1.29, 1.82) is 0 Å². The lowest BCUT2D eigenvalue weighted by atomic mass is 10.1. The molecule has 4 rings (SSSR count). The molecule has 6 nitrogen and oxygen atoms in total. The molecule has 6 heteroatoms. The molecule has 1 atom stereocenters. The number of hydrogen-bond acceptors (Lipinski definition) is 6. The molecule has 0 aliphatic carbocycles. The highest BCUT2D eigenvalue weighted by atomic mass is 16.5. The molecule has 0 spiro atoms. The van der Waals surface area contributed by atoms with E-state index >= 15 is 0 Å². The number of rotatable bonds is 5. The Morgan fingerprint density at radius 1 is 1.21 bits per heavy atom. The Balaban J connectivity index is 1.65. The number of hydrogen-bond donors (Lipinski definition) is 1. The van der Waals surface area contributed by atoms with Crippen LogP contribution in [0.1, 0.15) is 12.8 Å². The van der Waals surface area contributed by atoms with Gasteiger partial charge in [-0.05, 0) is 42.7 Å². The Kier molecular flexibility index (Phi) is 4.20. The van der Waals surface area contributed by atoms with E-state index in [-0.39, 0.29) is 6.10 Å². The van der Waals surface area contributed by atoms with Crippen molar-refractivity contribution in [3.63, 3.8) is 0 Å². The Bertz CT molecular complexity index is 784. The average molecular weight is 322 g/mol. The van der Waals surface area contributed by atoms with Crippen molar-refractivity contribution in [3.05, 3.63) is 49.1 Å². The van der Waals surface area contributed by atoms with Crippen LogP contribution < -0.4 is 5.32 Å². The maximum Gasteiger partial charge on any atom is 0.223 e. The van der Waals surface area contributed by atoms with Crippen LogP contribution in [0, 0.1) is 0 Å². The van der Waals surface area contributed by atoms with Crippen LogP contribution >= 0.6 is 0 Å². The second kappa shape index (κ2) is 6.80. The lowest BCUT2D eigenvalue weighted by Crippen LogP contribution is -2.19. The Morgan fingerprint density at radius 3 is 2.88 bits per heavy atom. The van der Waals surface area contributed by atoms with E-state index in [2.05, 4.69) is 20.3 Å². The number of ether oxygens (including phenoxy) is 1. The fraction of sp³-hybridized carbons (Fsp3) is 0.278. The lowest BCUT2D eigenvalue weighted by molar-refractivity contribution is 0.120. The van der Waals surface area contributed by atoms with Crippen molar-refractivity contribution < 1.29 is 9.15 Å². The smallest absolute Gasteiger partial charge is 0.223 e. The molecule has 3 aromatic rings. The molecule has 1 saturated heterocycles. The normalized spacial score (nSPS) is 17.1. The SMILES string of the molecule is c1coc(-c2nc(NC[C@@H]3CCCO3)ncc2-c2ccncc2)c1. The Morgan fingerprint density at radius 2 is 2.12 bits per heavy atom. The molecule has 0 saturated carbocycles. The Labute approximate surface area is 139 Å². The van der Waals surface area contributed by atoms with Crippen LogP contribution in [0.3, 0.4) is 0 Å². The molecule has 0 radical (unpaired) electrons. The van der Waals surface area contributed by atoms with Gasteiger partial charge < -0.3 is 14.5 Å². The largest absolute Gasteiger partial charge is 0.463 e. The van der Waals surface area contributed by atoms with Gasteiger partial charge in [0.2, 0.25) is 5.95 Å². The van der Waals surface area contributed by atoms with Gasteiger partial charge in [-0.25, -0.2) is 9.97 Å². The standard InChI is InChI=1S/C18H18N4O2/c1-3-14(23-9-1)11-20-18-21-12-15(13-5-7-19-8-6-13)17(22-18)16-4-2-10-24-16/h2,4-8,10,12,14H,1,3,9,11H2,(H,20,21,22)/t14-/m0/s1. The molecule has 1 aliphatic heterocycles. The van der Waals surface area contributed by atoms with Crippen molar-refractivity contribution in [1.82, 2.24) is 15.0 Å². The molecule has 0 unspecified atom stereocenters. The Hall–Kier alpha value is -2.73. The molecular formula is C18H18N4O2. The van der Waals surface area contributed by atoms with Gasteiger partial charge in [0.25, 0.3) is 0 Å². The number of nitrogens with one attached hydrogen (secondary N) is 1. The number of nitrogens with zero attached hydrogens (tertiary/aromatic N) is 3. The number of furan rings is 1. The molecule has 0 aromatic carbocycles. The van der Waals surface area contributed by atoms with Crippen LogP contribution in [0.5, 0.6) is 0 Å². The van der Waals surface area contributed by atoms with Crippen LogP contribution in [0.4, 0.5) is 5.95 Å². The highest BCUT2D eigenvalue weighted by molar-refractivity contribution is 5.78. The van der Waals surface area contributed by atoms with Gasteiger partial charge in [-0.2, -0.15) is 0 Å². The molecular weight excluding hydrogens is 304 g/mol. The van der Waals surface area contributed by atoms with E-state index in [4.69, 9.17) is 9.15 Å². The molecule has 1 aliphatic rings. The third-order valence-corrected chi connectivity index (χ3v) is 4.05. The van der Waals surface area contributed by atoms with Crippen LogP contribution in [0.2, 0.25) is 0 Å². The minimum Gasteiger partial charge on any atom is -0.463 e. The first kappa shape index (κ1) is 14.8. The van der Waals surface area contributed by atoms with Crippen LogP contribution in [-0.2, 0) is 4.74 Å². The van der Waals surface area contributed by atoms with Gasteiger partial charge in [-0.1, -0.05) is 0 Å². The van der Waals surface area contributed by atoms with E-state index in [1.807, 2.05) is 30.5 Å². The van der Waals surface area contributed by atoms with E-state index in [1.165, 1.54) is 0 Å². The lowest BCUT2D eigenvalue weighted by Gasteiger charge is -2.12. The van der Waals surface area contributed by atoms with E-state index < -0.39 is 0 Å². The summed E-state index contributed by atoms with van der Waals surface area (Å²) in [5, 5.41) is 3.27. The number of aromatic nitrogens is 3. The molecule has 4 heterocycles. The molecule has 1 fully saturated rings. The molecule has 122 valence electrons. The van der Waals surface area contributed by atoms with Gasteiger partial charge >= 0.3 is 0 Å². The van der Waals surface area contributed by atoms with Gasteiger partial charge in [-0.15, -0.1) is 0 Å². The maximum absolute atomic E-state index is 5.63. The highest BCUT2D eigenvalue weighted by Crippen LogP contribution is 2.30. The first-order valence-electron chi connectivity index (χ1n) is 8.07. The minimum atomic E-state index is 0.237. The second-order valence-electron chi connectivity index (χ2n) is 5.69. The maximum atomic E-state index is 5.63. The highest BCUT2D eigenvalue weighted by Gasteiger charge is 2.17. The molecule has 1 N–H and O–H groups in total. The monoisotopic (exact) mass is 322 g/mol. The number of pyridine rings is 1. The van der Waals surface area contributed by atoms with Crippen molar-refractivity contribution in [2.75, 3.05) is 18.5 Å². The van der Waals surface area contributed by atoms with Gasteiger partial charge in [0.15, 0.2) is 5.76 Å². The fourth-order valence-corrected chi connectivity index (χ4v) is 2.82. The first-order valence-corrected chi connectivity index (χ1v) is 8.07. The molecule has 24 heavy (non-hydrogen) atoms. The van der Waals surface area contributed by atoms with Crippen molar-refractivity contribution >= 4 is 5.95 Å². The molecule has 3 aromatic heterocycles. The van der Waals surface area contributed by atoms with Gasteiger partial charge in [0.05, 0.1) is 12.4 Å². The summed E-state index contributed by atoms with van der Waals surface area (Å²) >= 11 is 0. The van der Waals surface area contributed by atoms with Gasteiger partial charge in [0, 0.05) is 37.3 Å². The topological polar surface area (TPSA) is 73.1 Å². The van der Waals surface area contributed by atoms with E-state index in [0.717, 1.165) is 36.3 Å². The van der Waals surface area contributed by atoms with Gasteiger partial charge in [0.1, 0.15) is 5.69 Å². The van der Waals surface area contributed by atoms with Gasteiger partial charge in [-0.3, -0.25) is 4.98 Å². The van der Waals surface area contributed by atoms with Crippen molar-refractivity contribution in [3.8, 4) is 22.6 Å².